The second kappa shape index (κ2) is 6.06. The van der Waals surface area contributed by atoms with Crippen LogP contribution < -0.4 is 10.2 Å². The van der Waals surface area contributed by atoms with Crippen molar-refractivity contribution in [2.45, 2.75) is 31.3 Å². The van der Waals surface area contributed by atoms with Gasteiger partial charge in [0.15, 0.2) is 0 Å². The summed E-state index contributed by atoms with van der Waals surface area (Å²) in [5.41, 5.74) is 3.97. The van der Waals surface area contributed by atoms with E-state index in [0.717, 1.165) is 17.9 Å². The van der Waals surface area contributed by atoms with Crippen molar-refractivity contribution < 1.29 is 4.79 Å². The van der Waals surface area contributed by atoms with E-state index < -0.39 is 0 Å². The maximum absolute atomic E-state index is 12.8. The lowest BCUT2D eigenvalue weighted by molar-refractivity contribution is 0.183. The van der Waals surface area contributed by atoms with Crippen LogP contribution in [0, 0.1) is 0 Å². The summed E-state index contributed by atoms with van der Waals surface area (Å²) >= 11 is 0. The van der Waals surface area contributed by atoms with Gasteiger partial charge in [-0.15, -0.1) is 0 Å². The standard InChI is InChI=1S/C20H24N4O/c1-23(2)18-15(7-5-11-21-18)12-22-19(25)24-13-16-6-3-4-8-17(16)20(14-24)9-10-20/h3-8,11H,9-10,12-14H2,1-2H3,(H,22,25). The van der Waals surface area contributed by atoms with Crippen molar-refractivity contribution in [3.8, 4) is 0 Å². The van der Waals surface area contributed by atoms with E-state index in [1.54, 1.807) is 6.20 Å². The first-order chi connectivity index (χ1) is 12.1. The molecular weight excluding hydrogens is 312 g/mol. The van der Waals surface area contributed by atoms with Crippen LogP contribution in [0.5, 0.6) is 0 Å². The molecule has 25 heavy (non-hydrogen) atoms. The van der Waals surface area contributed by atoms with Gasteiger partial charge in [-0.25, -0.2) is 9.78 Å². The number of benzene rings is 1. The van der Waals surface area contributed by atoms with Crippen molar-refractivity contribution in [1.82, 2.24) is 15.2 Å². The Morgan fingerprint density at radius 3 is 2.80 bits per heavy atom. The maximum atomic E-state index is 12.8. The Morgan fingerprint density at radius 1 is 1.24 bits per heavy atom. The monoisotopic (exact) mass is 336 g/mol. The Balaban J connectivity index is 1.47. The van der Waals surface area contributed by atoms with Gasteiger partial charge in [-0.3, -0.25) is 0 Å². The Morgan fingerprint density at radius 2 is 2.04 bits per heavy atom. The Labute approximate surface area is 148 Å². The molecule has 1 fully saturated rings. The first-order valence-electron chi connectivity index (χ1n) is 8.81. The molecule has 1 aliphatic heterocycles. The number of carbonyl (C=O) groups excluding carboxylic acids is 1. The molecule has 0 radical (unpaired) electrons. The SMILES string of the molecule is CN(C)c1ncccc1CNC(=O)N1Cc2ccccc2C2(CC2)C1. The average Bonchev–Trinajstić information content (AvgIpc) is 3.39. The summed E-state index contributed by atoms with van der Waals surface area (Å²) < 4.78 is 0. The smallest absolute Gasteiger partial charge is 0.317 e. The molecule has 5 nitrogen and oxygen atoms in total. The summed E-state index contributed by atoms with van der Waals surface area (Å²) in [6, 6.07) is 12.5. The van der Waals surface area contributed by atoms with Crippen LogP contribution in [0.15, 0.2) is 42.6 Å². The number of pyridine rings is 1. The third kappa shape index (κ3) is 2.95. The highest BCUT2D eigenvalue weighted by molar-refractivity contribution is 5.75. The minimum absolute atomic E-state index is 0.00865. The quantitative estimate of drug-likeness (QED) is 0.937. The molecule has 130 valence electrons. The number of urea groups is 1. The molecule has 1 N–H and O–H groups in total. The topological polar surface area (TPSA) is 48.5 Å². The van der Waals surface area contributed by atoms with Crippen molar-refractivity contribution in [2.24, 2.45) is 0 Å². The van der Waals surface area contributed by atoms with E-state index in [2.05, 4.69) is 34.6 Å². The fraction of sp³-hybridized carbons (Fsp3) is 0.400. The summed E-state index contributed by atoms with van der Waals surface area (Å²) in [5.74, 6) is 0.894. The summed E-state index contributed by atoms with van der Waals surface area (Å²) in [4.78, 5) is 21.1. The van der Waals surface area contributed by atoms with Gasteiger partial charge in [-0.2, -0.15) is 0 Å². The number of amides is 2. The molecule has 2 aliphatic rings. The lowest BCUT2D eigenvalue weighted by atomic mass is 9.87. The van der Waals surface area contributed by atoms with E-state index in [4.69, 9.17) is 0 Å². The van der Waals surface area contributed by atoms with Gasteiger partial charge < -0.3 is 15.1 Å². The van der Waals surface area contributed by atoms with E-state index in [9.17, 15) is 4.79 Å². The Bertz CT molecular complexity index is 798. The number of anilines is 1. The third-order valence-corrected chi connectivity index (χ3v) is 5.31. The normalized spacial score (nSPS) is 17.1. The fourth-order valence-corrected chi connectivity index (χ4v) is 3.86. The summed E-state index contributed by atoms with van der Waals surface area (Å²) in [6.45, 7) is 2.01. The molecule has 2 aromatic rings. The summed E-state index contributed by atoms with van der Waals surface area (Å²) in [7, 11) is 3.93. The van der Waals surface area contributed by atoms with Crippen LogP contribution >= 0.6 is 0 Å². The number of hydrogen-bond acceptors (Lipinski definition) is 3. The molecule has 1 spiro atoms. The van der Waals surface area contributed by atoms with Crippen molar-refractivity contribution in [2.75, 3.05) is 25.5 Å². The van der Waals surface area contributed by atoms with Gasteiger partial charge in [-0.1, -0.05) is 30.3 Å². The maximum Gasteiger partial charge on any atom is 0.317 e. The highest BCUT2D eigenvalue weighted by Gasteiger charge is 2.49. The molecule has 5 heteroatoms. The number of aromatic nitrogens is 1. The van der Waals surface area contributed by atoms with Crippen LogP contribution in [0.25, 0.3) is 0 Å². The zero-order chi connectivity index (χ0) is 17.4. The Hall–Kier alpha value is -2.56. The molecule has 2 amide bonds. The predicted octanol–water partition coefficient (Wildman–Crippen LogP) is 2.90. The second-order valence-corrected chi connectivity index (χ2v) is 7.33. The van der Waals surface area contributed by atoms with Crippen LogP contribution in [0.3, 0.4) is 0 Å². The van der Waals surface area contributed by atoms with Crippen LogP contribution in [0.2, 0.25) is 0 Å². The lowest BCUT2D eigenvalue weighted by Crippen LogP contribution is -2.46. The van der Waals surface area contributed by atoms with Gasteiger partial charge in [-0.05, 0) is 30.0 Å². The predicted molar refractivity (Wildman–Crippen MR) is 98.6 cm³/mol. The van der Waals surface area contributed by atoms with Gasteiger partial charge in [0.05, 0.1) is 0 Å². The third-order valence-electron chi connectivity index (χ3n) is 5.31. The number of hydrogen-bond donors (Lipinski definition) is 1. The molecule has 0 bridgehead atoms. The molecule has 0 atom stereocenters. The fourth-order valence-electron chi connectivity index (χ4n) is 3.86. The molecule has 1 aliphatic carbocycles. The molecule has 2 heterocycles. The number of carbonyl (C=O) groups is 1. The van der Waals surface area contributed by atoms with Crippen LogP contribution in [0.4, 0.5) is 10.6 Å². The minimum atomic E-state index is 0.00865. The highest BCUT2D eigenvalue weighted by atomic mass is 16.2. The molecule has 4 rings (SSSR count). The first kappa shape index (κ1) is 15.9. The second-order valence-electron chi connectivity index (χ2n) is 7.33. The van der Waals surface area contributed by atoms with Gasteiger partial charge >= 0.3 is 6.03 Å². The Kier molecular flexibility index (Phi) is 3.86. The molecule has 0 unspecified atom stereocenters. The van der Waals surface area contributed by atoms with Gasteiger partial charge in [0.2, 0.25) is 0 Å². The molecule has 0 saturated heterocycles. The van der Waals surface area contributed by atoms with Gasteiger partial charge in [0.25, 0.3) is 0 Å². The molecular formula is C20H24N4O. The van der Waals surface area contributed by atoms with E-state index in [0.29, 0.717) is 13.1 Å². The van der Waals surface area contributed by atoms with E-state index in [1.165, 1.54) is 24.0 Å². The highest BCUT2D eigenvalue weighted by Crippen LogP contribution is 2.52. The molecule has 1 aromatic carbocycles. The van der Waals surface area contributed by atoms with Crippen molar-refractivity contribution in [3.05, 3.63) is 59.3 Å². The van der Waals surface area contributed by atoms with Gasteiger partial charge in [0.1, 0.15) is 5.82 Å². The van der Waals surface area contributed by atoms with E-state index >= 15 is 0 Å². The number of rotatable bonds is 3. The van der Waals surface area contributed by atoms with Crippen molar-refractivity contribution >= 4 is 11.8 Å². The van der Waals surface area contributed by atoms with Crippen LogP contribution in [0.1, 0.15) is 29.5 Å². The van der Waals surface area contributed by atoms with Gasteiger partial charge in [0, 0.05) is 50.9 Å². The van der Waals surface area contributed by atoms with Crippen LogP contribution in [-0.2, 0) is 18.5 Å². The molecule has 1 saturated carbocycles. The first-order valence-corrected chi connectivity index (χ1v) is 8.81. The number of nitrogens with zero attached hydrogens (tertiary/aromatic N) is 3. The zero-order valence-electron chi connectivity index (χ0n) is 14.8. The van der Waals surface area contributed by atoms with Crippen LogP contribution in [-0.4, -0.2) is 36.6 Å². The summed E-state index contributed by atoms with van der Waals surface area (Å²) in [5, 5.41) is 3.08. The molecule has 1 aromatic heterocycles. The van der Waals surface area contributed by atoms with E-state index in [1.807, 2.05) is 36.0 Å². The largest absolute Gasteiger partial charge is 0.362 e. The van der Waals surface area contributed by atoms with Crippen molar-refractivity contribution in [1.29, 1.82) is 0 Å². The lowest BCUT2D eigenvalue weighted by Gasteiger charge is -2.35. The van der Waals surface area contributed by atoms with Crippen molar-refractivity contribution in [3.63, 3.8) is 0 Å². The minimum Gasteiger partial charge on any atom is -0.362 e. The van der Waals surface area contributed by atoms with E-state index in [-0.39, 0.29) is 11.4 Å². The average molecular weight is 336 g/mol. The zero-order valence-corrected chi connectivity index (χ0v) is 14.8. The number of fused-ring (bicyclic) bond motifs is 2. The summed E-state index contributed by atoms with van der Waals surface area (Å²) in [6.07, 6.45) is 4.14. The number of nitrogens with one attached hydrogen (secondary N) is 1.